The van der Waals surface area contributed by atoms with Gasteiger partial charge in [0.15, 0.2) is 0 Å². The number of carboxylic acids is 1. The van der Waals surface area contributed by atoms with Crippen LogP contribution in [0.1, 0.15) is 62.5 Å². The first kappa shape index (κ1) is 21.6. The standard InChI is InChI=1S/C24H29N3O3/c28-23(29)14-5-4-13-22(19-9-7-15-25-17-19)18-8-6-12-21(16-18)27-24(30)26-20-10-2-1-3-11-20/h6-9,12-13,15-17,20H,1-5,10-11,14H2,(H,28,29)(H2,26,27,30). The molecule has 0 unspecified atom stereocenters. The van der Waals surface area contributed by atoms with Crippen molar-refractivity contribution in [2.45, 2.75) is 57.4 Å². The summed E-state index contributed by atoms with van der Waals surface area (Å²) >= 11 is 0. The van der Waals surface area contributed by atoms with Gasteiger partial charge in [0, 0.05) is 36.1 Å². The number of carbonyl (C=O) groups is 2. The van der Waals surface area contributed by atoms with Crippen LogP contribution in [0, 0.1) is 0 Å². The van der Waals surface area contributed by atoms with Gasteiger partial charge in [-0.2, -0.15) is 0 Å². The van der Waals surface area contributed by atoms with Crippen molar-refractivity contribution >= 4 is 23.3 Å². The third-order valence-corrected chi connectivity index (χ3v) is 5.29. The Labute approximate surface area is 177 Å². The maximum Gasteiger partial charge on any atom is 0.319 e. The quantitative estimate of drug-likeness (QED) is 0.523. The number of anilines is 1. The highest BCUT2D eigenvalue weighted by molar-refractivity contribution is 5.90. The number of allylic oxidation sites excluding steroid dienone is 1. The molecule has 1 aromatic carbocycles. The van der Waals surface area contributed by atoms with Crippen LogP contribution in [0.4, 0.5) is 10.5 Å². The average molecular weight is 408 g/mol. The lowest BCUT2D eigenvalue weighted by Gasteiger charge is -2.23. The molecule has 1 heterocycles. The number of benzene rings is 1. The highest BCUT2D eigenvalue weighted by Crippen LogP contribution is 2.26. The third-order valence-electron chi connectivity index (χ3n) is 5.29. The fourth-order valence-electron chi connectivity index (χ4n) is 3.79. The summed E-state index contributed by atoms with van der Waals surface area (Å²) in [6.45, 7) is 0. The molecule has 6 nitrogen and oxygen atoms in total. The number of hydrogen-bond acceptors (Lipinski definition) is 3. The number of rotatable bonds is 8. The molecule has 3 rings (SSSR count). The van der Waals surface area contributed by atoms with Crippen molar-refractivity contribution in [2.24, 2.45) is 0 Å². The van der Waals surface area contributed by atoms with Gasteiger partial charge in [-0.25, -0.2) is 4.79 Å². The molecule has 1 aliphatic carbocycles. The number of unbranched alkanes of at least 4 members (excludes halogenated alkanes) is 1. The van der Waals surface area contributed by atoms with E-state index < -0.39 is 5.97 Å². The summed E-state index contributed by atoms with van der Waals surface area (Å²) in [6, 6.07) is 11.6. The highest BCUT2D eigenvalue weighted by atomic mass is 16.4. The molecule has 0 spiro atoms. The van der Waals surface area contributed by atoms with Gasteiger partial charge in [-0.05, 0) is 55.0 Å². The van der Waals surface area contributed by atoms with Crippen LogP contribution in [-0.4, -0.2) is 28.1 Å². The second-order valence-electron chi connectivity index (χ2n) is 7.66. The summed E-state index contributed by atoms with van der Waals surface area (Å²) in [5, 5.41) is 14.9. The largest absolute Gasteiger partial charge is 0.481 e. The van der Waals surface area contributed by atoms with Crippen LogP contribution >= 0.6 is 0 Å². The SMILES string of the molecule is O=C(O)CCCC=C(c1cccnc1)c1cccc(NC(=O)NC2CCCCC2)c1. The second-order valence-corrected chi connectivity index (χ2v) is 7.66. The van der Waals surface area contributed by atoms with Crippen LogP contribution < -0.4 is 10.6 Å². The minimum Gasteiger partial charge on any atom is -0.481 e. The van der Waals surface area contributed by atoms with Gasteiger partial charge in [-0.1, -0.05) is 43.5 Å². The first-order valence-corrected chi connectivity index (χ1v) is 10.6. The average Bonchev–Trinajstić information content (AvgIpc) is 2.75. The molecule has 0 bridgehead atoms. The lowest BCUT2D eigenvalue weighted by molar-refractivity contribution is -0.137. The summed E-state index contributed by atoms with van der Waals surface area (Å²) in [5.41, 5.74) is 3.61. The fourth-order valence-corrected chi connectivity index (χ4v) is 3.79. The zero-order valence-electron chi connectivity index (χ0n) is 17.1. The summed E-state index contributed by atoms with van der Waals surface area (Å²) in [7, 11) is 0. The molecule has 0 atom stereocenters. The number of hydrogen-bond donors (Lipinski definition) is 3. The lowest BCUT2D eigenvalue weighted by atomic mass is 9.96. The zero-order valence-corrected chi connectivity index (χ0v) is 17.1. The summed E-state index contributed by atoms with van der Waals surface area (Å²) in [5.74, 6) is -0.790. The van der Waals surface area contributed by atoms with Crippen LogP contribution in [0.15, 0.2) is 54.9 Å². The molecule has 6 heteroatoms. The van der Waals surface area contributed by atoms with E-state index in [1.165, 1.54) is 19.3 Å². The van der Waals surface area contributed by atoms with Crippen molar-refractivity contribution in [3.63, 3.8) is 0 Å². The van der Waals surface area contributed by atoms with E-state index in [1.54, 1.807) is 12.4 Å². The van der Waals surface area contributed by atoms with Crippen LogP contribution in [-0.2, 0) is 4.79 Å². The van der Waals surface area contributed by atoms with Gasteiger partial charge in [-0.15, -0.1) is 0 Å². The maximum atomic E-state index is 12.4. The molecule has 1 aromatic heterocycles. The van der Waals surface area contributed by atoms with E-state index in [-0.39, 0.29) is 18.5 Å². The van der Waals surface area contributed by atoms with E-state index in [9.17, 15) is 9.59 Å². The third kappa shape index (κ3) is 6.72. The van der Waals surface area contributed by atoms with Crippen molar-refractivity contribution in [3.8, 4) is 0 Å². The van der Waals surface area contributed by atoms with E-state index >= 15 is 0 Å². The molecule has 1 fully saturated rings. The van der Waals surface area contributed by atoms with Gasteiger partial charge < -0.3 is 15.7 Å². The van der Waals surface area contributed by atoms with Crippen molar-refractivity contribution in [3.05, 3.63) is 66.0 Å². The van der Waals surface area contributed by atoms with Gasteiger partial charge in [0.1, 0.15) is 0 Å². The minimum absolute atomic E-state index is 0.139. The maximum absolute atomic E-state index is 12.4. The summed E-state index contributed by atoms with van der Waals surface area (Å²) < 4.78 is 0. The Morgan fingerprint density at radius 1 is 1.10 bits per heavy atom. The molecule has 2 aromatic rings. The second kappa shape index (κ2) is 11.1. The molecular weight excluding hydrogens is 378 g/mol. The number of carboxylic acid groups (broad SMARTS) is 1. The van der Waals surface area contributed by atoms with Gasteiger partial charge in [0.2, 0.25) is 0 Å². The Kier molecular flexibility index (Phi) is 8.01. The number of amides is 2. The van der Waals surface area contributed by atoms with Crippen LogP contribution in [0.5, 0.6) is 0 Å². The summed E-state index contributed by atoms with van der Waals surface area (Å²) in [4.78, 5) is 27.4. The number of aliphatic carboxylic acids is 1. The van der Waals surface area contributed by atoms with Crippen LogP contribution in [0.3, 0.4) is 0 Å². The first-order valence-electron chi connectivity index (χ1n) is 10.6. The van der Waals surface area contributed by atoms with E-state index in [2.05, 4.69) is 15.6 Å². The Morgan fingerprint density at radius 2 is 1.90 bits per heavy atom. The van der Waals surface area contributed by atoms with Crippen LogP contribution in [0.2, 0.25) is 0 Å². The van der Waals surface area contributed by atoms with Crippen molar-refractivity contribution < 1.29 is 14.7 Å². The summed E-state index contributed by atoms with van der Waals surface area (Å²) in [6.07, 6.45) is 12.6. The van der Waals surface area contributed by atoms with Crippen molar-refractivity contribution in [1.82, 2.24) is 10.3 Å². The van der Waals surface area contributed by atoms with Crippen molar-refractivity contribution in [1.29, 1.82) is 0 Å². The Morgan fingerprint density at radius 3 is 2.63 bits per heavy atom. The topological polar surface area (TPSA) is 91.3 Å². The number of carbonyl (C=O) groups excluding carboxylic acids is 1. The van der Waals surface area contributed by atoms with Gasteiger partial charge in [-0.3, -0.25) is 9.78 Å². The number of urea groups is 1. The predicted molar refractivity (Wildman–Crippen MR) is 118 cm³/mol. The molecular formula is C24H29N3O3. The highest BCUT2D eigenvalue weighted by Gasteiger charge is 2.16. The van der Waals surface area contributed by atoms with Crippen LogP contribution in [0.25, 0.3) is 5.57 Å². The molecule has 1 aliphatic rings. The van der Waals surface area contributed by atoms with Crippen molar-refractivity contribution in [2.75, 3.05) is 5.32 Å². The molecule has 0 saturated heterocycles. The molecule has 30 heavy (non-hydrogen) atoms. The minimum atomic E-state index is -0.790. The van der Waals surface area contributed by atoms with Gasteiger partial charge in [0.25, 0.3) is 0 Å². The monoisotopic (exact) mass is 407 g/mol. The number of nitrogens with one attached hydrogen (secondary N) is 2. The predicted octanol–water partition coefficient (Wildman–Crippen LogP) is 5.22. The number of aromatic nitrogens is 1. The van der Waals surface area contributed by atoms with Gasteiger partial charge in [0.05, 0.1) is 0 Å². The molecule has 3 N–H and O–H groups in total. The van der Waals surface area contributed by atoms with Gasteiger partial charge >= 0.3 is 12.0 Å². The lowest BCUT2D eigenvalue weighted by Crippen LogP contribution is -2.39. The van der Waals surface area contributed by atoms with E-state index in [4.69, 9.17) is 5.11 Å². The smallest absolute Gasteiger partial charge is 0.319 e. The Bertz CT molecular complexity index is 874. The van der Waals surface area contributed by atoms with E-state index in [0.29, 0.717) is 12.8 Å². The normalized spacial score (nSPS) is 14.9. The Hall–Kier alpha value is -3.15. The Balaban J connectivity index is 1.72. The fraction of sp³-hybridized carbons (Fsp3) is 0.375. The molecule has 0 aliphatic heterocycles. The molecule has 158 valence electrons. The molecule has 1 saturated carbocycles. The first-order chi connectivity index (χ1) is 14.6. The zero-order chi connectivity index (χ0) is 21.2. The number of nitrogens with zero attached hydrogens (tertiary/aromatic N) is 1. The van der Waals surface area contributed by atoms with E-state index in [0.717, 1.165) is 35.2 Å². The molecule has 0 radical (unpaired) electrons. The van der Waals surface area contributed by atoms with E-state index in [1.807, 2.05) is 42.5 Å². The molecule has 2 amide bonds. The number of pyridine rings is 1.